The number of amides is 1. The quantitative estimate of drug-likeness (QED) is 0.338. The van der Waals surface area contributed by atoms with Gasteiger partial charge in [-0.2, -0.15) is 0 Å². The van der Waals surface area contributed by atoms with Gasteiger partial charge >= 0.3 is 0 Å². The molecule has 1 aromatic heterocycles. The molecule has 2 bridgehead atoms. The molecule has 2 saturated carbocycles. The van der Waals surface area contributed by atoms with Crippen LogP contribution in [0.2, 0.25) is 0 Å². The van der Waals surface area contributed by atoms with E-state index in [0.29, 0.717) is 11.7 Å². The third-order valence-electron chi connectivity index (χ3n) is 8.55. The SMILES string of the molecule is C[C@H]([C@H]1C[C@@H]2CC[C@@H]1C2)n1c(COc2ccccc2F)nnc1SCC(=O)N1c2ccccc2C[C@@H]1C. The van der Waals surface area contributed by atoms with E-state index in [1.165, 1.54) is 49.1 Å². The molecule has 0 unspecified atom stereocenters. The summed E-state index contributed by atoms with van der Waals surface area (Å²) in [6.07, 6.45) is 6.04. The van der Waals surface area contributed by atoms with Gasteiger partial charge in [-0.3, -0.25) is 9.36 Å². The maximum absolute atomic E-state index is 14.2. The molecule has 6 nitrogen and oxygen atoms in total. The van der Waals surface area contributed by atoms with Gasteiger partial charge in [0.2, 0.25) is 5.91 Å². The van der Waals surface area contributed by atoms with Crippen molar-refractivity contribution in [3.8, 4) is 5.75 Å². The zero-order chi connectivity index (χ0) is 25.5. The molecule has 2 aromatic carbocycles. The van der Waals surface area contributed by atoms with E-state index in [1.807, 2.05) is 23.1 Å². The van der Waals surface area contributed by atoms with Crippen molar-refractivity contribution in [1.82, 2.24) is 14.8 Å². The monoisotopic (exact) mass is 520 g/mol. The van der Waals surface area contributed by atoms with E-state index in [4.69, 9.17) is 4.74 Å². The number of para-hydroxylation sites is 2. The van der Waals surface area contributed by atoms with Gasteiger partial charge in [0.05, 0.1) is 5.75 Å². The van der Waals surface area contributed by atoms with Crippen molar-refractivity contribution in [2.75, 3.05) is 10.7 Å². The Labute approximate surface area is 221 Å². The zero-order valence-corrected chi connectivity index (χ0v) is 22.2. The predicted molar refractivity (Wildman–Crippen MR) is 142 cm³/mol. The van der Waals surface area contributed by atoms with Crippen molar-refractivity contribution in [2.45, 2.75) is 69.8 Å². The summed E-state index contributed by atoms with van der Waals surface area (Å²) < 4.78 is 22.2. The molecule has 3 aromatic rings. The molecule has 0 spiro atoms. The molecular formula is C29H33FN4O2S. The zero-order valence-electron chi connectivity index (χ0n) is 21.3. The lowest BCUT2D eigenvalue weighted by atomic mass is 9.84. The number of ether oxygens (including phenoxy) is 1. The van der Waals surface area contributed by atoms with Crippen LogP contribution < -0.4 is 9.64 Å². The smallest absolute Gasteiger partial charge is 0.237 e. The Morgan fingerprint density at radius 2 is 1.95 bits per heavy atom. The lowest BCUT2D eigenvalue weighted by molar-refractivity contribution is -0.116. The van der Waals surface area contributed by atoms with E-state index < -0.39 is 5.82 Å². The second-order valence-electron chi connectivity index (χ2n) is 10.8. The first kappa shape index (κ1) is 24.5. The third kappa shape index (κ3) is 4.65. The molecule has 5 atom stereocenters. The number of halogens is 1. The van der Waals surface area contributed by atoms with Gasteiger partial charge in [-0.05, 0) is 81.0 Å². The average Bonchev–Trinajstić information content (AvgIpc) is 3.68. The van der Waals surface area contributed by atoms with Crippen LogP contribution in [0.3, 0.4) is 0 Å². The standard InChI is InChI=1S/C29H33FN4O2S/c1-18-13-22-7-3-5-9-25(22)33(18)28(35)17-37-29-32-31-27(16-36-26-10-6-4-8-24(26)30)34(29)19(2)23-15-20-11-12-21(23)14-20/h3-10,18-21,23H,11-17H2,1-2H3/t18-,19+,20+,21+,23+/m0/s1. The van der Waals surface area contributed by atoms with E-state index in [1.54, 1.807) is 18.2 Å². The summed E-state index contributed by atoms with van der Waals surface area (Å²) in [6, 6.07) is 14.9. The number of carbonyl (C=O) groups is 1. The highest BCUT2D eigenvalue weighted by Gasteiger charge is 2.43. The number of hydrogen-bond acceptors (Lipinski definition) is 5. The molecule has 37 heavy (non-hydrogen) atoms. The van der Waals surface area contributed by atoms with Crippen molar-refractivity contribution in [3.63, 3.8) is 0 Å². The van der Waals surface area contributed by atoms with Crippen LogP contribution in [0.25, 0.3) is 0 Å². The number of rotatable bonds is 8. The summed E-state index contributed by atoms with van der Waals surface area (Å²) in [7, 11) is 0. The van der Waals surface area contributed by atoms with Crippen molar-refractivity contribution in [3.05, 3.63) is 65.7 Å². The van der Waals surface area contributed by atoms with Gasteiger partial charge in [0.1, 0.15) is 6.61 Å². The van der Waals surface area contributed by atoms with E-state index in [9.17, 15) is 9.18 Å². The summed E-state index contributed by atoms with van der Waals surface area (Å²) in [6.45, 7) is 4.47. The fraction of sp³-hybridized carbons (Fsp3) is 0.483. The number of fused-ring (bicyclic) bond motifs is 3. The first-order chi connectivity index (χ1) is 18.0. The molecule has 194 valence electrons. The number of anilines is 1. The highest BCUT2D eigenvalue weighted by atomic mass is 32.2. The number of aromatic nitrogens is 3. The number of benzene rings is 2. The van der Waals surface area contributed by atoms with Gasteiger partial charge in [0.15, 0.2) is 22.5 Å². The van der Waals surface area contributed by atoms with Gasteiger partial charge in [-0.25, -0.2) is 4.39 Å². The summed E-state index contributed by atoms with van der Waals surface area (Å²) in [5, 5.41) is 9.69. The molecule has 6 rings (SSSR count). The van der Waals surface area contributed by atoms with Crippen LogP contribution in [0.15, 0.2) is 53.7 Å². The van der Waals surface area contributed by atoms with Crippen molar-refractivity contribution >= 4 is 23.4 Å². The van der Waals surface area contributed by atoms with Crippen LogP contribution in [0.1, 0.15) is 57.0 Å². The molecule has 8 heteroatoms. The Morgan fingerprint density at radius 1 is 1.14 bits per heavy atom. The molecule has 3 aliphatic rings. The summed E-state index contributed by atoms with van der Waals surface area (Å²) in [4.78, 5) is 15.3. The Hall–Kier alpha value is -2.87. The number of nitrogens with zero attached hydrogens (tertiary/aromatic N) is 4. The minimum atomic E-state index is -0.394. The summed E-state index contributed by atoms with van der Waals surface area (Å²) in [5.74, 6) is 2.95. The normalized spacial score (nSPS) is 24.9. The Bertz CT molecular complexity index is 1300. The molecule has 2 fully saturated rings. The van der Waals surface area contributed by atoms with Crippen LogP contribution in [-0.2, 0) is 17.8 Å². The van der Waals surface area contributed by atoms with Crippen molar-refractivity contribution in [1.29, 1.82) is 0 Å². The van der Waals surface area contributed by atoms with Gasteiger partial charge < -0.3 is 9.64 Å². The second kappa shape index (κ2) is 10.1. The van der Waals surface area contributed by atoms with E-state index in [0.717, 1.165) is 29.1 Å². The van der Waals surface area contributed by atoms with E-state index in [2.05, 4.69) is 34.7 Å². The highest BCUT2D eigenvalue weighted by Crippen LogP contribution is 2.52. The number of thioether (sulfide) groups is 1. The predicted octanol–water partition coefficient (Wildman–Crippen LogP) is 6.06. The van der Waals surface area contributed by atoms with Crippen LogP contribution in [-0.4, -0.2) is 32.5 Å². The largest absolute Gasteiger partial charge is 0.483 e. The average molecular weight is 521 g/mol. The summed E-state index contributed by atoms with van der Waals surface area (Å²) >= 11 is 1.44. The van der Waals surface area contributed by atoms with E-state index >= 15 is 0 Å². The molecule has 0 N–H and O–H groups in total. The van der Waals surface area contributed by atoms with Crippen molar-refractivity contribution < 1.29 is 13.9 Å². The molecule has 2 heterocycles. The topological polar surface area (TPSA) is 60.2 Å². The Balaban J connectivity index is 1.22. The first-order valence-electron chi connectivity index (χ1n) is 13.3. The summed E-state index contributed by atoms with van der Waals surface area (Å²) in [5.41, 5.74) is 2.23. The van der Waals surface area contributed by atoms with Crippen molar-refractivity contribution in [2.24, 2.45) is 17.8 Å². The van der Waals surface area contributed by atoms with Crippen LogP contribution in [0.5, 0.6) is 5.75 Å². The second-order valence-corrected chi connectivity index (χ2v) is 11.7. The minimum absolute atomic E-state index is 0.0775. The molecule has 2 aliphatic carbocycles. The van der Waals surface area contributed by atoms with Crippen LogP contribution in [0, 0.1) is 23.6 Å². The molecular weight excluding hydrogens is 487 g/mol. The number of carbonyl (C=O) groups excluding carboxylic acids is 1. The fourth-order valence-corrected chi connectivity index (χ4v) is 7.74. The van der Waals surface area contributed by atoms with Gasteiger partial charge in [0.25, 0.3) is 0 Å². The first-order valence-corrected chi connectivity index (χ1v) is 14.3. The number of hydrogen-bond donors (Lipinski definition) is 0. The van der Waals surface area contributed by atoms with Crippen LogP contribution in [0.4, 0.5) is 10.1 Å². The maximum atomic E-state index is 14.2. The fourth-order valence-electron chi connectivity index (χ4n) is 6.84. The molecule has 0 radical (unpaired) electrons. The van der Waals surface area contributed by atoms with E-state index in [-0.39, 0.29) is 36.1 Å². The Kier molecular flexibility index (Phi) is 6.69. The minimum Gasteiger partial charge on any atom is -0.483 e. The van der Waals surface area contributed by atoms with Crippen LogP contribution >= 0.6 is 11.8 Å². The van der Waals surface area contributed by atoms with Gasteiger partial charge in [0, 0.05) is 17.8 Å². The molecule has 1 aliphatic heterocycles. The third-order valence-corrected chi connectivity index (χ3v) is 9.48. The Morgan fingerprint density at radius 3 is 2.73 bits per heavy atom. The van der Waals surface area contributed by atoms with Gasteiger partial charge in [-0.1, -0.05) is 48.5 Å². The maximum Gasteiger partial charge on any atom is 0.237 e. The molecule has 0 saturated heterocycles. The molecule has 1 amide bonds. The highest BCUT2D eigenvalue weighted by molar-refractivity contribution is 7.99. The lowest BCUT2D eigenvalue weighted by Gasteiger charge is -2.30. The lowest BCUT2D eigenvalue weighted by Crippen LogP contribution is -2.37. The van der Waals surface area contributed by atoms with Gasteiger partial charge in [-0.15, -0.1) is 10.2 Å².